The molecule has 2 heterocycles. The zero-order valence-corrected chi connectivity index (χ0v) is 15.2. The molecule has 138 valence electrons. The van der Waals surface area contributed by atoms with Crippen molar-refractivity contribution in [1.82, 2.24) is 10.2 Å². The van der Waals surface area contributed by atoms with Gasteiger partial charge < -0.3 is 24.6 Å². The minimum Gasteiger partial charge on any atom is -0.486 e. The monoisotopic (exact) mass is 368 g/mol. The van der Waals surface area contributed by atoms with E-state index in [1.807, 2.05) is 0 Å². The number of hydrogen-bond donors (Lipinski definition) is 3. The number of nitrogens with zero attached hydrogens (tertiary/aromatic N) is 1. The summed E-state index contributed by atoms with van der Waals surface area (Å²) >= 11 is 0. The summed E-state index contributed by atoms with van der Waals surface area (Å²) in [4.78, 5) is 14.6. The van der Waals surface area contributed by atoms with Gasteiger partial charge in [-0.15, -0.1) is 9.24 Å². The molecule has 8 heteroatoms. The van der Waals surface area contributed by atoms with Crippen molar-refractivity contribution in [3.63, 3.8) is 0 Å². The van der Waals surface area contributed by atoms with Crippen molar-refractivity contribution in [3.8, 4) is 11.5 Å². The highest BCUT2D eigenvalue weighted by atomic mass is 31.0. The molecule has 1 unspecified atom stereocenters. The number of carbonyl (C=O) groups is 1. The molecule has 0 radical (unpaired) electrons. The summed E-state index contributed by atoms with van der Waals surface area (Å²) < 4.78 is 11.1. The Morgan fingerprint density at radius 3 is 2.60 bits per heavy atom. The standard InChI is InChI=1S/C17H25N2O5P/c20-10-14(25)18-15(17(22)19-5-1-2-6-19)16(21)11-3-4-12-13(9-11)24-8-7-23-12/h3-4,9,14-16,18,20-21H,1-2,5-8,10,25H2/t14-,15-,16+/m0/s1. The molecule has 3 N–H and O–H groups in total. The molecule has 1 fully saturated rings. The van der Waals surface area contributed by atoms with E-state index in [0.29, 0.717) is 43.4 Å². The fourth-order valence-corrected chi connectivity index (χ4v) is 3.36. The summed E-state index contributed by atoms with van der Waals surface area (Å²) in [5.41, 5.74) is 0.574. The number of ether oxygens (including phenoxy) is 2. The smallest absolute Gasteiger partial charge is 0.242 e. The van der Waals surface area contributed by atoms with E-state index in [1.54, 1.807) is 23.1 Å². The Morgan fingerprint density at radius 1 is 1.24 bits per heavy atom. The number of amides is 1. The lowest BCUT2D eigenvalue weighted by molar-refractivity contribution is -0.135. The van der Waals surface area contributed by atoms with Crippen LogP contribution >= 0.6 is 9.24 Å². The third-order valence-electron chi connectivity index (χ3n) is 4.50. The van der Waals surface area contributed by atoms with Crippen LogP contribution in [0.15, 0.2) is 18.2 Å². The first-order chi connectivity index (χ1) is 12.1. The Kier molecular flexibility index (Phi) is 6.12. The van der Waals surface area contributed by atoms with Crippen molar-refractivity contribution < 1.29 is 24.5 Å². The largest absolute Gasteiger partial charge is 0.486 e. The average molecular weight is 368 g/mol. The van der Waals surface area contributed by atoms with Gasteiger partial charge in [-0.1, -0.05) is 6.07 Å². The Labute approximate surface area is 149 Å². The number of likely N-dealkylation sites (tertiary alicyclic amines) is 1. The van der Waals surface area contributed by atoms with E-state index in [9.17, 15) is 15.0 Å². The van der Waals surface area contributed by atoms with Crippen molar-refractivity contribution in [1.29, 1.82) is 0 Å². The van der Waals surface area contributed by atoms with Gasteiger partial charge in [-0.3, -0.25) is 10.1 Å². The predicted octanol–water partition coefficient (Wildman–Crippen LogP) is 0.265. The molecule has 7 nitrogen and oxygen atoms in total. The van der Waals surface area contributed by atoms with Crippen LogP contribution in [-0.4, -0.2) is 65.8 Å². The highest BCUT2D eigenvalue weighted by Gasteiger charge is 2.34. The van der Waals surface area contributed by atoms with Crippen LogP contribution in [0.5, 0.6) is 11.5 Å². The van der Waals surface area contributed by atoms with E-state index in [1.165, 1.54) is 0 Å². The van der Waals surface area contributed by atoms with Gasteiger partial charge in [-0.25, -0.2) is 0 Å². The molecule has 2 aliphatic rings. The van der Waals surface area contributed by atoms with E-state index < -0.39 is 12.1 Å². The molecule has 4 atom stereocenters. The molecular weight excluding hydrogens is 343 g/mol. The first kappa shape index (κ1) is 18.4. The van der Waals surface area contributed by atoms with Crippen LogP contribution < -0.4 is 14.8 Å². The number of rotatable bonds is 6. The van der Waals surface area contributed by atoms with Crippen LogP contribution in [0, 0.1) is 0 Å². The van der Waals surface area contributed by atoms with E-state index in [4.69, 9.17) is 9.47 Å². The van der Waals surface area contributed by atoms with E-state index in [0.717, 1.165) is 12.8 Å². The molecule has 3 rings (SSSR count). The third-order valence-corrected chi connectivity index (χ3v) is 4.90. The highest BCUT2D eigenvalue weighted by Crippen LogP contribution is 2.33. The second-order valence-corrected chi connectivity index (χ2v) is 7.12. The molecular formula is C17H25N2O5P. The van der Waals surface area contributed by atoms with Crippen molar-refractivity contribution >= 4 is 15.1 Å². The number of carbonyl (C=O) groups excluding carboxylic acids is 1. The van der Waals surface area contributed by atoms with Gasteiger partial charge >= 0.3 is 0 Å². The van der Waals surface area contributed by atoms with Gasteiger partial charge in [-0.05, 0) is 30.5 Å². The second kappa shape index (κ2) is 8.32. The third kappa shape index (κ3) is 4.23. The first-order valence-electron chi connectivity index (χ1n) is 8.59. The van der Waals surface area contributed by atoms with Crippen LogP contribution in [0.1, 0.15) is 24.5 Å². The molecule has 2 aliphatic heterocycles. The maximum Gasteiger partial charge on any atom is 0.242 e. The fraction of sp³-hybridized carbons (Fsp3) is 0.588. The average Bonchev–Trinajstić information content (AvgIpc) is 3.19. The highest BCUT2D eigenvalue weighted by molar-refractivity contribution is 7.17. The molecule has 1 aromatic carbocycles. The zero-order valence-electron chi connectivity index (χ0n) is 14.1. The molecule has 0 aromatic heterocycles. The maximum absolute atomic E-state index is 12.9. The minimum absolute atomic E-state index is 0.150. The van der Waals surface area contributed by atoms with Gasteiger partial charge in [-0.2, -0.15) is 0 Å². The lowest BCUT2D eigenvalue weighted by Gasteiger charge is -2.30. The molecule has 1 aromatic rings. The number of hydrogen-bond acceptors (Lipinski definition) is 6. The number of benzene rings is 1. The van der Waals surface area contributed by atoms with Crippen LogP contribution in [0.25, 0.3) is 0 Å². The van der Waals surface area contributed by atoms with Crippen molar-refractivity contribution in [3.05, 3.63) is 23.8 Å². The summed E-state index contributed by atoms with van der Waals surface area (Å²) in [6.07, 6.45) is 0.893. The minimum atomic E-state index is -1.06. The van der Waals surface area contributed by atoms with Gasteiger partial charge in [0.2, 0.25) is 5.91 Å². The quantitative estimate of drug-likeness (QED) is 0.625. The van der Waals surface area contributed by atoms with Crippen LogP contribution in [-0.2, 0) is 4.79 Å². The van der Waals surface area contributed by atoms with Gasteiger partial charge in [0.05, 0.1) is 6.61 Å². The SMILES string of the molecule is O=C([C@@H](N[C@@H](P)CO)[C@H](O)c1ccc2c(c1)OCCO2)N1CCCC1. The second-order valence-electron chi connectivity index (χ2n) is 6.31. The summed E-state index contributed by atoms with van der Waals surface area (Å²) in [7, 11) is 2.44. The summed E-state index contributed by atoms with van der Waals surface area (Å²) in [5, 5.41) is 23.2. The fourth-order valence-electron chi connectivity index (χ4n) is 3.15. The van der Waals surface area contributed by atoms with Gasteiger partial charge in [0, 0.05) is 18.9 Å². The van der Waals surface area contributed by atoms with Crippen molar-refractivity contribution in [2.45, 2.75) is 30.8 Å². The maximum atomic E-state index is 12.9. The molecule has 25 heavy (non-hydrogen) atoms. The molecule has 1 amide bonds. The van der Waals surface area contributed by atoms with Crippen LogP contribution in [0.4, 0.5) is 0 Å². The number of aliphatic hydroxyl groups is 2. The Bertz CT molecular complexity index is 609. The Balaban J connectivity index is 1.82. The normalized spacial score (nSPS) is 20.2. The number of fused-ring (bicyclic) bond motifs is 1. The van der Waals surface area contributed by atoms with Crippen LogP contribution in [0.2, 0.25) is 0 Å². The van der Waals surface area contributed by atoms with E-state index >= 15 is 0 Å². The Hall–Kier alpha value is -1.40. The van der Waals surface area contributed by atoms with Crippen LogP contribution in [0.3, 0.4) is 0 Å². The lowest BCUT2D eigenvalue weighted by Crippen LogP contribution is -2.51. The zero-order chi connectivity index (χ0) is 17.8. The van der Waals surface area contributed by atoms with Gasteiger partial charge in [0.1, 0.15) is 25.4 Å². The molecule has 0 spiro atoms. The molecule has 0 aliphatic carbocycles. The number of aliphatic hydroxyl groups excluding tert-OH is 2. The van der Waals surface area contributed by atoms with Crippen molar-refractivity contribution in [2.75, 3.05) is 32.9 Å². The van der Waals surface area contributed by atoms with E-state index in [2.05, 4.69) is 14.6 Å². The van der Waals surface area contributed by atoms with Gasteiger partial charge in [0.25, 0.3) is 0 Å². The number of nitrogens with one attached hydrogen (secondary N) is 1. The Morgan fingerprint density at radius 2 is 1.92 bits per heavy atom. The first-order valence-corrected chi connectivity index (χ1v) is 9.25. The topological polar surface area (TPSA) is 91.3 Å². The summed E-state index contributed by atoms with van der Waals surface area (Å²) in [6, 6.07) is 4.35. The predicted molar refractivity (Wildman–Crippen MR) is 95.7 cm³/mol. The van der Waals surface area contributed by atoms with Crippen molar-refractivity contribution in [2.24, 2.45) is 0 Å². The lowest BCUT2D eigenvalue weighted by atomic mass is 10.00. The molecule has 0 bridgehead atoms. The summed E-state index contributed by atoms with van der Waals surface area (Å²) in [5.74, 6) is 0.667. The van der Waals surface area contributed by atoms with Gasteiger partial charge in [0.15, 0.2) is 11.5 Å². The molecule has 0 saturated carbocycles. The summed E-state index contributed by atoms with van der Waals surface area (Å²) in [6.45, 7) is 2.20. The van der Waals surface area contributed by atoms with E-state index in [-0.39, 0.29) is 18.3 Å². The molecule has 1 saturated heterocycles.